The number of nitrogens with zero attached hydrogens (tertiary/aromatic N) is 6. The molecule has 0 aromatic carbocycles. The van der Waals surface area contributed by atoms with E-state index in [9.17, 15) is 14.9 Å². The number of hydrogen-bond acceptors (Lipinski definition) is 5. The third-order valence-corrected chi connectivity index (χ3v) is 8.72. The molecule has 0 spiro atoms. The minimum absolute atomic E-state index is 0.0490. The third-order valence-electron chi connectivity index (χ3n) is 8.16. The second-order valence-corrected chi connectivity index (χ2v) is 11.3. The van der Waals surface area contributed by atoms with Gasteiger partial charge in [0.05, 0.1) is 23.0 Å². The second kappa shape index (κ2) is 7.40. The molecule has 4 aliphatic carbocycles. The van der Waals surface area contributed by atoms with Crippen LogP contribution in [-0.4, -0.2) is 42.3 Å². The lowest BCUT2D eigenvalue weighted by Crippen LogP contribution is -2.57. The number of rotatable bonds is 6. The SMILES string of the molecule is Cc1c(CN(C)C(=O)CC23CC4CC(C2)CC(n2cc(Br)c([N+](=O)[O-])n2)(C4)C3)cnn1C. The third kappa shape index (κ3) is 3.47. The average molecular weight is 505 g/mol. The van der Waals surface area contributed by atoms with Gasteiger partial charge >= 0.3 is 5.82 Å². The summed E-state index contributed by atoms with van der Waals surface area (Å²) in [5.41, 5.74) is 1.87. The topological polar surface area (TPSA) is 99.1 Å². The molecule has 9 nitrogen and oxygen atoms in total. The molecular formula is C22H29BrN6O3. The van der Waals surface area contributed by atoms with Crippen LogP contribution in [0.15, 0.2) is 16.9 Å². The highest BCUT2D eigenvalue weighted by molar-refractivity contribution is 9.10. The van der Waals surface area contributed by atoms with Crippen LogP contribution in [0, 0.1) is 34.3 Å². The van der Waals surface area contributed by atoms with Gasteiger partial charge in [0, 0.05) is 38.3 Å². The summed E-state index contributed by atoms with van der Waals surface area (Å²) in [6.07, 6.45) is 10.3. The quantitative estimate of drug-likeness (QED) is 0.438. The molecule has 2 aromatic rings. The predicted octanol–water partition coefficient (Wildman–Crippen LogP) is 3.94. The Kier molecular flexibility index (Phi) is 4.99. The van der Waals surface area contributed by atoms with E-state index in [0.717, 1.165) is 43.4 Å². The molecule has 1 amide bonds. The monoisotopic (exact) mass is 504 g/mol. The minimum atomic E-state index is -0.435. The summed E-state index contributed by atoms with van der Waals surface area (Å²) in [7, 11) is 3.78. The summed E-state index contributed by atoms with van der Waals surface area (Å²) in [5, 5.41) is 20.0. The van der Waals surface area contributed by atoms with Crippen molar-refractivity contribution in [2.45, 2.75) is 64.0 Å². The van der Waals surface area contributed by atoms with Crippen molar-refractivity contribution in [1.82, 2.24) is 24.5 Å². The molecule has 2 aromatic heterocycles. The molecule has 10 heteroatoms. The molecule has 0 aliphatic heterocycles. The number of amides is 1. The van der Waals surface area contributed by atoms with Gasteiger partial charge in [0.15, 0.2) is 0 Å². The summed E-state index contributed by atoms with van der Waals surface area (Å²) in [5.74, 6) is 1.14. The summed E-state index contributed by atoms with van der Waals surface area (Å²) in [4.78, 5) is 26.1. The van der Waals surface area contributed by atoms with Gasteiger partial charge in [0.1, 0.15) is 4.47 Å². The van der Waals surface area contributed by atoms with Crippen LogP contribution in [0.3, 0.4) is 0 Å². The normalized spacial score (nSPS) is 30.6. The van der Waals surface area contributed by atoms with Crippen molar-refractivity contribution in [2.24, 2.45) is 24.3 Å². The lowest BCUT2D eigenvalue weighted by Gasteiger charge is -2.61. The Morgan fingerprint density at radius 2 is 2.03 bits per heavy atom. The molecule has 0 N–H and O–H groups in total. The van der Waals surface area contributed by atoms with E-state index in [2.05, 4.69) is 26.1 Å². The van der Waals surface area contributed by atoms with Gasteiger partial charge in [-0.25, -0.2) is 0 Å². The fourth-order valence-electron chi connectivity index (χ4n) is 7.09. The molecule has 0 radical (unpaired) electrons. The van der Waals surface area contributed by atoms with Crippen LogP contribution < -0.4 is 0 Å². The van der Waals surface area contributed by atoms with E-state index in [-0.39, 0.29) is 22.7 Å². The molecule has 4 bridgehead atoms. The van der Waals surface area contributed by atoms with E-state index >= 15 is 0 Å². The Morgan fingerprint density at radius 3 is 2.59 bits per heavy atom. The summed E-state index contributed by atoms with van der Waals surface area (Å²) in [6.45, 7) is 2.58. The lowest BCUT2D eigenvalue weighted by molar-refractivity contribution is -0.390. The van der Waals surface area contributed by atoms with Crippen LogP contribution in [0.5, 0.6) is 0 Å². The van der Waals surface area contributed by atoms with Gasteiger partial charge in [-0.05, 0) is 83.6 Å². The van der Waals surface area contributed by atoms with Crippen LogP contribution >= 0.6 is 15.9 Å². The Balaban J connectivity index is 1.38. The molecule has 2 atom stereocenters. The average Bonchev–Trinajstić information content (AvgIpc) is 3.24. The van der Waals surface area contributed by atoms with Crippen molar-refractivity contribution in [2.75, 3.05) is 7.05 Å². The first-order valence-corrected chi connectivity index (χ1v) is 12.0. The van der Waals surface area contributed by atoms with Crippen LogP contribution in [0.4, 0.5) is 5.82 Å². The Bertz CT molecular complexity index is 1080. The highest BCUT2D eigenvalue weighted by Gasteiger charge is 2.60. The second-order valence-electron chi connectivity index (χ2n) is 10.5. The number of hydrogen-bond donors (Lipinski definition) is 0. The van der Waals surface area contributed by atoms with Crippen molar-refractivity contribution in [3.63, 3.8) is 0 Å². The van der Waals surface area contributed by atoms with Crippen LogP contribution in [0.2, 0.25) is 0 Å². The molecule has 4 aliphatic rings. The van der Waals surface area contributed by atoms with Crippen molar-refractivity contribution >= 4 is 27.7 Å². The van der Waals surface area contributed by atoms with Crippen molar-refractivity contribution in [3.8, 4) is 0 Å². The van der Waals surface area contributed by atoms with Crippen LogP contribution in [-0.2, 0) is 23.9 Å². The first kappa shape index (κ1) is 21.6. The van der Waals surface area contributed by atoms with Crippen molar-refractivity contribution in [3.05, 3.63) is 38.2 Å². The Morgan fingerprint density at radius 1 is 1.34 bits per heavy atom. The van der Waals surface area contributed by atoms with E-state index in [0.29, 0.717) is 29.3 Å². The number of halogens is 1. The number of carbonyl (C=O) groups excluding carboxylic acids is 1. The van der Waals surface area contributed by atoms with Crippen molar-refractivity contribution in [1.29, 1.82) is 0 Å². The molecule has 4 fully saturated rings. The zero-order valence-corrected chi connectivity index (χ0v) is 20.3. The van der Waals surface area contributed by atoms with E-state index < -0.39 is 4.92 Å². The maximum absolute atomic E-state index is 13.3. The van der Waals surface area contributed by atoms with E-state index in [1.54, 1.807) is 6.20 Å². The first-order chi connectivity index (χ1) is 15.1. The molecule has 32 heavy (non-hydrogen) atoms. The fraction of sp³-hybridized carbons (Fsp3) is 0.682. The highest BCUT2D eigenvalue weighted by Crippen LogP contribution is 2.65. The summed E-state index contributed by atoms with van der Waals surface area (Å²) >= 11 is 3.32. The van der Waals surface area contributed by atoms with Crippen LogP contribution in [0.1, 0.15) is 56.2 Å². The first-order valence-electron chi connectivity index (χ1n) is 11.2. The smallest absolute Gasteiger partial charge is 0.358 e. The van der Waals surface area contributed by atoms with Gasteiger partial charge in [-0.15, -0.1) is 0 Å². The maximum Gasteiger partial charge on any atom is 0.404 e. The van der Waals surface area contributed by atoms with E-state index in [1.165, 1.54) is 6.42 Å². The minimum Gasteiger partial charge on any atom is -0.358 e. The summed E-state index contributed by atoms with van der Waals surface area (Å²) < 4.78 is 4.11. The number of aryl methyl sites for hydroxylation is 1. The Hall–Kier alpha value is -2.23. The largest absolute Gasteiger partial charge is 0.404 e. The molecular weight excluding hydrogens is 476 g/mol. The van der Waals surface area contributed by atoms with Crippen LogP contribution in [0.25, 0.3) is 0 Å². The van der Waals surface area contributed by atoms with Gasteiger partial charge in [-0.3, -0.25) is 9.48 Å². The fourth-order valence-corrected chi connectivity index (χ4v) is 7.50. The number of nitro groups is 1. The summed E-state index contributed by atoms with van der Waals surface area (Å²) in [6, 6.07) is 0. The van der Waals surface area contributed by atoms with Gasteiger partial charge in [0.2, 0.25) is 5.91 Å². The van der Waals surface area contributed by atoms with E-state index in [1.807, 2.05) is 41.5 Å². The zero-order valence-electron chi connectivity index (χ0n) is 18.8. The number of carbonyl (C=O) groups is 1. The van der Waals surface area contributed by atoms with Gasteiger partial charge in [0.25, 0.3) is 0 Å². The highest BCUT2D eigenvalue weighted by atomic mass is 79.9. The molecule has 172 valence electrons. The van der Waals surface area contributed by atoms with Crippen molar-refractivity contribution < 1.29 is 9.72 Å². The van der Waals surface area contributed by atoms with Gasteiger partial charge in [-0.2, -0.15) is 9.78 Å². The molecule has 2 heterocycles. The molecule has 6 rings (SSSR count). The molecule has 4 saturated carbocycles. The number of aromatic nitrogens is 4. The molecule has 0 saturated heterocycles. The zero-order chi connectivity index (χ0) is 22.8. The van der Waals surface area contributed by atoms with Gasteiger partial charge in [-0.1, -0.05) is 0 Å². The maximum atomic E-state index is 13.3. The predicted molar refractivity (Wildman–Crippen MR) is 121 cm³/mol. The Labute approximate surface area is 195 Å². The standard InChI is InChI=1S/C22H29BrN6O3/c1-14-17(10-24-27(14)3)11-26(2)19(30)9-21-5-15-4-16(6-21)8-22(7-15,13-21)28-12-18(23)20(25-28)29(31)32/h10,12,15-16H,4-9,11,13H2,1-3H3. The molecule has 2 unspecified atom stereocenters. The van der Waals surface area contributed by atoms with Gasteiger partial charge < -0.3 is 15.0 Å². The van der Waals surface area contributed by atoms with E-state index in [4.69, 9.17) is 0 Å². The lowest BCUT2D eigenvalue weighted by atomic mass is 9.46.